The van der Waals surface area contributed by atoms with Crippen molar-refractivity contribution in [3.05, 3.63) is 95.8 Å². The zero-order chi connectivity index (χ0) is 23.1. The summed E-state index contributed by atoms with van der Waals surface area (Å²) >= 11 is 1.63. The first-order valence-corrected chi connectivity index (χ1v) is 12.7. The maximum Gasteiger partial charge on any atom is 0.243 e. The fraction of sp³-hybridized carbons (Fsp3) is 0.208. The van der Waals surface area contributed by atoms with Crippen LogP contribution in [0.3, 0.4) is 0 Å². The summed E-state index contributed by atoms with van der Waals surface area (Å²) < 4.78 is 40.9. The monoisotopic (exact) mass is 472 g/mol. The first kappa shape index (κ1) is 24.0. The Morgan fingerprint density at radius 1 is 1.00 bits per heavy atom. The van der Waals surface area contributed by atoms with Gasteiger partial charge in [0.25, 0.3) is 0 Å². The number of carbonyl (C=O) groups is 1. The third-order valence-electron chi connectivity index (χ3n) is 4.97. The molecule has 0 saturated heterocycles. The van der Waals surface area contributed by atoms with E-state index in [1.165, 1.54) is 36.4 Å². The molecule has 0 spiro atoms. The number of amides is 1. The van der Waals surface area contributed by atoms with Gasteiger partial charge in [0, 0.05) is 11.4 Å². The van der Waals surface area contributed by atoms with Crippen LogP contribution in [0.25, 0.3) is 0 Å². The van der Waals surface area contributed by atoms with Crippen LogP contribution in [-0.2, 0) is 21.4 Å². The number of nitrogens with zero attached hydrogens (tertiary/aromatic N) is 1. The Hall–Kier alpha value is -2.68. The summed E-state index contributed by atoms with van der Waals surface area (Å²) in [6, 6.07) is 21.0. The number of hydrogen-bond donors (Lipinski definition) is 1. The Bertz CT molecular complexity index is 1140. The van der Waals surface area contributed by atoms with E-state index in [1.807, 2.05) is 37.4 Å². The normalized spacial score (nSPS) is 12.5. The number of carbonyl (C=O) groups excluding carboxylic acids is 1. The molecular weight excluding hydrogens is 447 g/mol. The smallest absolute Gasteiger partial charge is 0.243 e. The highest BCUT2D eigenvalue weighted by molar-refractivity contribution is 7.98. The van der Waals surface area contributed by atoms with Crippen LogP contribution in [0.4, 0.5) is 4.39 Å². The van der Waals surface area contributed by atoms with Crippen LogP contribution in [0.15, 0.2) is 88.7 Å². The molecule has 0 saturated carbocycles. The van der Waals surface area contributed by atoms with Gasteiger partial charge in [-0.25, -0.2) is 12.8 Å². The Morgan fingerprint density at radius 2 is 1.62 bits per heavy atom. The highest BCUT2D eigenvalue weighted by atomic mass is 32.2. The van der Waals surface area contributed by atoms with Crippen LogP contribution >= 0.6 is 11.8 Å². The minimum atomic E-state index is -3.94. The van der Waals surface area contributed by atoms with Crippen molar-refractivity contribution in [1.29, 1.82) is 0 Å². The van der Waals surface area contributed by atoms with Gasteiger partial charge in [0.1, 0.15) is 5.82 Å². The second kappa shape index (κ2) is 10.8. The van der Waals surface area contributed by atoms with Crippen LogP contribution in [0.2, 0.25) is 0 Å². The van der Waals surface area contributed by atoms with E-state index in [-0.39, 0.29) is 24.0 Å². The number of sulfonamides is 1. The molecular formula is C24H25FN2O3S2. The predicted octanol–water partition coefficient (Wildman–Crippen LogP) is 4.62. The van der Waals surface area contributed by atoms with E-state index in [4.69, 9.17) is 0 Å². The van der Waals surface area contributed by atoms with Crippen molar-refractivity contribution in [2.75, 3.05) is 12.8 Å². The second-order valence-electron chi connectivity index (χ2n) is 7.27. The molecule has 1 N–H and O–H groups in total. The highest BCUT2D eigenvalue weighted by Gasteiger charge is 2.27. The molecule has 0 aliphatic heterocycles. The van der Waals surface area contributed by atoms with Gasteiger partial charge in [-0.2, -0.15) is 4.31 Å². The average Bonchev–Trinajstić information content (AvgIpc) is 2.80. The molecule has 0 unspecified atom stereocenters. The fourth-order valence-corrected chi connectivity index (χ4v) is 5.00. The number of nitrogens with one attached hydrogen (secondary N) is 1. The molecule has 1 atom stereocenters. The van der Waals surface area contributed by atoms with Crippen molar-refractivity contribution in [3.8, 4) is 0 Å². The topological polar surface area (TPSA) is 66.5 Å². The zero-order valence-corrected chi connectivity index (χ0v) is 19.5. The van der Waals surface area contributed by atoms with Gasteiger partial charge in [0.15, 0.2) is 0 Å². The van der Waals surface area contributed by atoms with E-state index in [0.717, 1.165) is 14.8 Å². The number of halogens is 1. The van der Waals surface area contributed by atoms with Crippen molar-refractivity contribution in [2.24, 2.45) is 0 Å². The summed E-state index contributed by atoms with van der Waals surface area (Å²) in [6.07, 6.45) is 1.99. The molecule has 32 heavy (non-hydrogen) atoms. The molecule has 0 heterocycles. The lowest BCUT2D eigenvalue weighted by molar-refractivity contribution is -0.122. The van der Waals surface area contributed by atoms with Crippen LogP contribution in [0.1, 0.15) is 24.1 Å². The predicted molar refractivity (Wildman–Crippen MR) is 125 cm³/mol. The highest BCUT2D eigenvalue weighted by Crippen LogP contribution is 2.21. The van der Waals surface area contributed by atoms with Gasteiger partial charge in [-0.15, -0.1) is 11.8 Å². The van der Waals surface area contributed by atoms with Crippen molar-refractivity contribution in [2.45, 2.75) is 29.3 Å². The van der Waals surface area contributed by atoms with Gasteiger partial charge < -0.3 is 5.32 Å². The minimum Gasteiger partial charge on any atom is -0.348 e. The number of hydrogen-bond acceptors (Lipinski definition) is 4. The largest absolute Gasteiger partial charge is 0.348 e. The molecule has 3 rings (SSSR count). The number of rotatable bonds is 9. The van der Waals surface area contributed by atoms with E-state index >= 15 is 0 Å². The van der Waals surface area contributed by atoms with Gasteiger partial charge in [-0.05, 0) is 60.7 Å². The van der Waals surface area contributed by atoms with Crippen LogP contribution < -0.4 is 5.32 Å². The fourth-order valence-electron chi connectivity index (χ4n) is 3.18. The van der Waals surface area contributed by atoms with Gasteiger partial charge >= 0.3 is 0 Å². The first-order chi connectivity index (χ1) is 15.3. The summed E-state index contributed by atoms with van der Waals surface area (Å²) in [4.78, 5) is 14.0. The maximum atomic E-state index is 13.3. The first-order valence-electron chi connectivity index (χ1n) is 10.0. The third kappa shape index (κ3) is 6.18. The summed E-state index contributed by atoms with van der Waals surface area (Å²) in [6.45, 7) is 1.44. The van der Waals surface area contributed by atoms with Crippen molar-refractivity contribution >= 4 is 27.7 Å². The molecule has 0 radical (unpaired) electrons. The summed E-state index contributed by atoms with van der Waals surface area (Å²) in [5, 5.41) is 2.87. The van der Waals surface area contributed by atoms with Crippen molar-refractivity contribution in [3.63, 3.8) is 0 Å². The van der Waals surface area contributed by atoms with E-state index in [9.17, 15) is 17.6 Å². The SMILES string of the molecule is CSc1ccc([C@@H](C)NC(=O)CN(Cc2ccc(F)cc2)S(=O)(=O)c2ccccc2)cc1. The lowest BCUT2D eigenvalue weighted by Crippen LogP contribution is -2.41. The van der Waals surface area contributed by atoms with Crippen LogP contribution in [-0.4, -0.2) is 31.4 Å². The molecule has 0 fully saturated rings. The molecule has 8 heteroatoms. The summed E-state index contributed by atoms with van der Waals surface area (Å²) in [7, 11) is -3.94. The molecule has 168 valence electrons. The lowest BCUT2D eigenvalue weighted by Gasteiger charge is -2.23. The summed E-state index contributed by atoms with van der Waals surface area (Å²) in [5.41, 5.74) is 1.51. The standard InChI is InChI=1S/C24H25FN2O3S2/c1-18(20-10-14-22(31-2)15-11-20)26-24(28)17-27(16-19-8-12-21(25)13-9-19)32(29,30)23-6-4-3-5-7-23/h3-15,18H,16-17H2,1-2H3,(H,26,28)/t18-/m1/s1. The lowest BCUT2D eigenvalue weighted by atomic mass is 10.1. The number of thioether (sulfide) groups is 1. The van der Waals surface area contributed by atoms with Crippen LogP contribution in [0, 0.1) is 5.82 Å². The Labute approximate surface area is 192 Å². The molecule has 1 amide bonds. The molecule has 5 nitrogen and oxygen atoms in total. The molecule has 0 aromatic heterocycles. The van der Waals surface area contributed by atoms with E-state index < -0.39 is 21.7 Å². The molecule has 3 aromatic carbocycles. The Morgan fingerprint density at radius 3 is 2.22 bits per heavy atom. The molecule has 0 aliphatic carbocycles. The maximum absolute atomic E-state index is 13.3. The van der Waals surface area contributed by atoms with E-state index in [0.29, 0.717) is 5.56 Å². The van der Waals surface area contributed by atoms with E-state index in [1.54, 1.807) is 30.0 Å². The minimum absolute atomic E-state index is 0.0538. The Kier molecular flexibility index (Phi) is 8.06. The van der Waals surface area contributed by atoms with Gasteiger partial charge in [-0.1, -0.05) is 42.5 Å². The van der Waals surface area contributed by atoms with Gasteiger partial charge in [-0.3, -0.25) is 4.79 Å². The van der Waals surface area contributed by atoms with Crippen LogP contribution in [0.5, 0.6) is 0 Å². The van der Waals surface area contributed by atoms with Gasteiger partial charge in [0.2, 0.25) is 15.9 Å². The van der Waals surface area contributed by atoms with Gasteiger partial charge in [0.05, 0.1) is 17.5 Å². The molecule has 3 aromatic rings. The Balaban J connectivity index is 1.79. The van der Waals surface area contributed by atoms with E-state index in [2.05, 4.69) is 5.32 Å². The zero-order valence-electron chi connectivity index (χ0n) is 17.9. The molecule has 0 aliphatic rings. The summed E-state index contributed by atoms with van der Waals surface area (Å²) in [5.74, 6) is -0.835. The quantitative estimate of drug-likeness (QED) is 0.462. The van der Waals surface area contributed by atoms with Crippen molar-refractivity contribution in [1.82, 2.24) is 9.62 Å². The average molecular weight is 473 g/mol. The second-order valence-corrected chi connectivity index (χ2v) is 10.1. The third-order valence-corrected chi connectivity index (χ3v) is 7.52. The number of benzene rings is 3. The van der Waals surface area contributed by atoms with Crippen molar-refractivity contribution < 1.29 is 17.6 Å². The molecule has 0 bridgehead atoms.